The quantitative estimate of drug-likeness (QED) is 0.865. The number of rotatable bonds is 4. The molecule has 2 heterocycles. The fourth-order valence-electron chi connectivity index (χ4n) is 2.29. The van der Waals surface area contributed by atoms with Crippen molar-refractivity contribution in [1.29, 1.82) is 0 Å². The SMILES string of the molecule is CCNCC1CCN(c2nc[nH]c(=O)c2Cl)CC1. The van der Waals surface area contributed by atoms with Crippen LogP contribution in [0.25, 0.3) is 0 Å². The second-order valence-electron chi connectivity index (χ2n) is 4.61. The maximum Gasteiger partial charge on any atom is 0.271 e. The summed E-state index contributed by atoms with van der Waals surface area (Å²) >= 11 is 5.99. The Labute approximate surface area is 112 Å². The first-order chi connectivity index (χ1) is 8.72. The lowest BCUT2D eigenvalue weighted by atomic mass is 9.97. The van der Waals surface area contributed by atoms with Crippen molar-refractivity contribution in [3.63, 3.8) is 0 Å². The van der Waals surface area contributed by atoms with Gasteiger partial charge in [0.05, 0.1) is 6.33 Å². The molecule has 1 aromatic heterocycles. The van der Waals surface area contributed by atoms with Crippen LogP contribution in [0.2, 0.25) is 5.02 Å². The summed E-state index contributed by atoms with van der Waals surface area (Å²) in [7, 11) is 0. The molecule has 6 heteroatoms. The molecule has 1 aliphatic rings. The van der Waals surface area contributed by atoms with Gasteiger partial charge < -0.3 is 15.2 Å². The molecule has 1 aromatic rings. The van der Waals surface area contributed by atoms with E-state index >= 15 is 0 Å². The Morgan fingerprint density at radius 3 is 2.94 bits per heavy atom. The summed E-state index contributed by atoms with van der Waals surface area (Å²) in [6.45, 7) is 6.02. The molecule has 0 atom stereocenters. The summed E-state index contributed by atoms with van der Waals surface area (Å²) in [4.78, 5) is 20.2. The van der Waals surface area contributed by atoms with Crippen molar-refractivity contribution in [1.82, 2.24) is 15.3 Å². The number of anilines is 1. The number of nitrogens with one attached hydrogen (secondary N) is 2. The molecule has 0 saturated carbocycles. The Morgan fingerprint density at radius 2 is 2.28 bits per heavy atom. The zero-order chi connectivity index (χ0) is 13.0. The van der Waals surface area contributed by atoms with Gasteiger partial charge in [-0.2, -0.15) is 0 Å². The van der Waals surface area contributed by atoms with Crippen LogP contribution in [-0.4, -0.2) is 36.1 Å². The number of piperidine rings is 1. The fraction of sp³-hybridized carbons (Fsp3) is 0.667. The van der Waals surface area contributed by atoms with E-state index in [4.69, 9.17) is 11.6 Å². The molecule has 1 fully saturated rings. The third-order valence-electron chi connectivity index (χ3n) is 3.38. The predicted molar refractivity (Wildman–Crippen MR) is 73.3 cm³/mol. The molecule has 0 aromatic carbocycles. The molecule has 0 unspecified atom stereocenters. The van der Waals surface area contributed by atoms with Crippen LogP contribution >= 0.6 is 11.6 Å². The monoisotopic (exact) mass is 270 g/mol. The molecule has 0 bridgehead atoms. The summed E-state index contributed by atoms with van der Waals surface area (Å²) in [6, 6.07) is 0. The van der Waals surface area contributed by atoms with Crippen LogP contribution in [0.3, 0.4) is 0 Å². The van der Waals surface area contributed by atoms with Gasteiger partial charge in [0.2, 0.25) is 0 Å². The van der Waals surface area contributed by atoms with E-state index in [0.717, 1.165) is 39.0 Å². The molecule has 100 valence electrons. The van der Waals surface area contributed by atoms with E-state index in [-0.39, 0.29) is 10.6 Å². The highest BCUT2D eigenvalue weighted by molar-refractivity contribution is 6.32. The zero-order valence-corrected chi connectivity index (χ0v) is 11.3. The van der Waals surface area contributed by atoms with E-state index in [1.165, 1.54) is 6.33 Å². The van der Waals surface area contributed by atoms with Gasteiger partial charge in [-0.15, -0.1) is 0 Å². The maximum absolute atomic E-state index is 11.4. The summed E-state index contributed by atoms with van der Waals surface area (Å²) in [5.74, 6) is 1.32. The van der Waals surface area contributed by atoms with Gasteiger partial charge in [0, 0.05) is 13.1 Å². The van der Waals surface area contributed by atoms with Gasteiger partial charge in [-0.3, -0.25) is 4.79 Å². The molecule has 1 saturated heterocycles. The zero-order valence-electron chi connectivity index (χ0n) is 10.6. The van der Waals surface area contributed by atoms with Crippen molar-refractivity contribution in [2.24, 2.45) is 5.92 Å². The lowest BCUT2D eigenvalue weighted by Crippen LogP contribution is -2.38. The number of hydrogen-bond acceptors (Lipinski definition) is 4. The van der Waals surface area contributed by atoms with Crippen LogP contribution in [0.1, 0.15) is 19.8 Å². The summed E-state index contributed by atoms with van der Waals surface area (Å²) in [5.41, 5.74) is -0.267. The molecule has 5 nitrogen and oxygen atoms in total. The standard InChI is InChI=1S/C12H19ClN4O/c1-2-14-7-9-3-5-17(6-4-9)11-10(13)12(18)16-8-15-11/h8-9,14H,2-7H2,1H3,(H,15,16,18). The predicted octanol–water partition coefficient (Wildman–Crippen LogP) is 1.25. The highest BCUT2D eigenvalue weighted by Crippen LogP contribution is 2.24. The lowest BCUT2D eigenvalue weighted by Gasteiger charge is -2.33. The van der Waals surface area contributed by atoms with E-state index in [9.17, 15) is 4.79 Å². The maximum atomic E-state index is 11.4. The van der Waals surface area contributed by atoms with Crippen molar-refractivity contribution in [2.75, 3.05) is 31.1 Å². The van der Waals surface area contributed by atoms with E-state index in [1.807, 2.05) is 0 Å². The average molecular weight is 271 g/mol. The van der Waals surface area contributed by atoms with Crippen molar-refractivity contribution in [3.05, 3.63) is 21.7 Å². The second-order valence-corrected chi connectivity index (χ2v) is 4.99. The molecular formula is C12H19ClN4O. The Balaban J connectivity index is 1.97. The van der Waals surface area contributed by atoms with Crippen LogP contribution in [0.4, 0.5) is 5.82 Å². The van der Waals surface area contributed by atoms with Gasteiger partial charge in [-0.1, -0.05) is 18.5 Å². The molecule has 2 N–H and O–H groups in total. The van der Waals surface area contributed by atoms with Gasteiger partial charge in [0.25, 0.3) is 5.56 Å². The Bertz CT molecular complexity index is 440. The summed E-state index contributed by atoms with van der Waals surface area (Å²) < 4.78 is 0. The largest absolute Gasteiger partial charge is 0.355 e. The van der Waals surface area contributed by atoms with Gasteiger partial charge in [-0.05, 0) is 31.8 Å². The van der Waals surface area contributed by atoms with Crippen molar-refractivity contribution in [3.8, 4) is 0 Å². The molecule has 18 heavy (non-hydrogen) atoms. The first-order valence-corrected chi connectivity index (χ1v) is 6.79. The Hall–Kier alpha value is -1.07. The van der Waals surface area contributed by atoms with E-state index in [1.54, 1.807) is 0 Å². The number of aromatic amines is 1. The minimum absolute atomic E-state index is 0.197. The van der Waals surface area contributed by atoms with Crippen molar-refractivity contribution >= 4 is 17.4 Å². The number of aromatic nitrogens is 2. The Morgan fingerprint density at radius 1 is 1.56 bits per heavy atom. The van der Waals surface area contributed by atoms with Gasteiger partial charge in [0.15, 0.2) is 5.82 Å². The Kier molecular flexibility index (Phi) is 4.60. The number of H-pyrrole nitrogens is 1. The van der Waals surface area contributed by atoms with Gasteiger partial charge in [-0.25, -0.2) is 4.98 Å². The van der Waals surface area contributed by atoms with E-state index in [0.29, 0.717) is 11.7 Å². The molecule has 0 aliphatic carbocycles. The minimum atomic E-state index is -0.267. The average Bonchev–Trinajstić information content (AvgIpc) is 2.40. The van der Waals surface area contributed by atoms with Crippen LogP contribution in [0.5, 0.6) is 0 Å². The fourth-order valence-corrected chi connectivity index (χ4v) is 2.51. The van der Waals surface area contributed by atoms with Crippen LogP contribution < -0.4 is 15.8 Å². The molecule has 0 radical (unpaired) electrons. The second kappa shape index (κ2) is 6.20. The molecule has 0 amide bonds. The van der Waals surface area contributed by atoms with E-state index < -0.39 is 0 Å². The van der Waals surface area contributed by atoms with Crippen molar-refractivity contribution < 1.29 is 0 Å². The molecule has 1 aliphatic heterocycles. The first kappa shape index (κ1) is 13.4. The number of halogens is 1. The number of nitrogens with zero attached hydrogens (tertiary/aromatic N) is 2. The van der Waals surface area contributed by atoms with Crippen LogP contribution in [0, 0.1) is 5.92 Å². The molecule has 2 rings (SSSR count). The topological polar surface area (TPSA) is 61.0 Å². The first-order valence-electron chi connectivity index (χ1n) is 6.41. The number of hydrogen-bond donors (Lipinski definition) is 2. The summed E-state index contributed by atoms with van der Waals surface area (Å²) in [5, 5.41) is 3.57. The van der Waals surface area contributed by atoms with Crippen LogP contribution in [-0.2, 0) is 0 Å². The molecular weight excluding hydrogens is 252 g/mol. The minimum Gasteiger partial charge on any atom is -0.355 e. The third kappa shape index (κ3) is 3.03. The van der Waals surface area contributed by atoms with Gasteiger partial charge in [0.1, 0.15) is 5.02 Å². The van der Waals surface area contributed by atoms with E-state index in [2.05, 4.69) is 27.1 Å². The van der Waals surface area contributed by atoms with Crippen molar-refractivity contribution in [2.45, 2.75) is 19.8 Å². The highest BCUT2D eigenvalue weighted by atomic mass is 35.5. The normalized spacial score (nSPS) is 17.1. The van der Waals surface area contributed by atoms with Gasteiger partial charge >= 0.3 is 0 Å². The molecule has 0 spiro atoms. The van der Waals surface area contributed by atoms with Crippen LogP contribution in [0.15, 0.2) is 11.1 Å². The summed E-state index contributed by atoms with van der Waals surface area (Å²) in [6.07, 6.45) is 3.63. The highest BCUT2D eigenvalue weighted by Gasteiger charge is 2.22. The third-order valence-corrected chi connectivity index (χ3v) is 3.72. The lowest BCUT2D eigenvalue weighted by molar-refractivity contribution is 0.385. The smallest absolute Gasteiger partial charge is 0.271 e.